The molecule has 0 spiro atoms. The second-order valence-electron chi connectivity index (χ2n) is 4.42. The van der Waals surface area contributed by atoms with Crippen LogP contribution in [0.5, 0.6) is 0 Å². The minimum atomic E-state index is 0. The van der Waals surface area contributed by atoms with Crippen molar-refractivity contribution >= 4 is 28.3 Å². The first kappa shape index (κ1) is 17.1. The topological polar surface area (TPSA) is 68.2 Å². The predicted molar refractivity (Wildman–Crippen MR) is 83.6 cm³/mol. The standard InChI is InChI=1S/C13H17BrN4O.ClH/c1-18(9-12-16-13(8-15)19-17-12)7-6-10-2-4-11(14)5-3-10;/h2-5H,6-9,15H2,1H3;1H. The Morgan fingerprint density at radius 3 is 2.60 bits per heavy atom. The highest BCUT2D eigenvalue weighted by molar-refractivity contribution is 9.10. The molecular weight excluding hydrogens is 344 g/mol. The van der Waals surface area contributed by atoms with Gasteiger partial charge in [-0.15, -0.1) is 12.4 Å². The van der Waals surface area contributed by atoms with Gasteiger partial charge >= 0.3 is 0 Å². The number of likely N-dealkylation sites (N-methyl/N-ethyl adjacent to an activating group) is 1. The van der Waals surface area contributed by atoms with Crippen LogP contribution >= 0.6 is 28.3 Å². The average Bonchev–Trinajstić information content (AvgIpc) is 2.86. The van der Waals surface area contributed by atoms with Crippen LogP contribution in [0.3, 0.4) is 0 Å². The third-order valence-electron chi connectivity index (χ3n) is 2.79. The molecule has 2 aromatic rings. The summed E-state index contributed by atoms with van der Waals surface area (Å²) >= 11 is 3.43. The fourth-order valence-corrected chi connectivity index (χ4v) is 1.99. The van der Waals surface area contributed by atoms with Gasteiger partial charge < -0.3 is 10.3 Å². The lowest BCUT2D eigenvalue weighted by atomic mass is 10.1. The number of hydrogen-bond donors (Lipinski definition) is 1. The first-order valence-electron chi connectivity index (χ1n) is 6.12. The molecule has 5 nitrogen and oxygen atoms in total. The second-order valence-corrected chi connectivity index (χ2v) is 5.34. The van der Waals surface area contributed by atoms with E-state index in [9.17, 15) is 0 Å². The molecule has 0 amide bonds. The molecule has 110 valence electrons. The van der Waals surface area contributed by atoms with E-state index in [0.717, 1.165) is 17.4 Å². The molecule has 0 atom stereocenters. The molecule has 0 radical (unpaired) electrons. The maximum absolute atomic E-state index is 5.43. The molecule has 20 heavy (non-hydrogen) atoms. The van der Waals surface area contributed by atoms with Crippen LogP contribution in [-0.2, 0) is 19.5 Å². The van der Waals surface area contributed by atoms with E-state index in [2.05, 4.69) is 55.2 Å². The van der Waals surface area contributed by atoms with Crippen LogP contribution < -0.4 is 5.73 Å². The highest BCUT2D eigenvalue weighted by Crippen LogP contribution is 2.11. The highest BCUT2D eigenvalue weighted by Gasteiger charge is 2.07. The van der Waals surface area contributed by atoms with E-state index in [0.29, 0.717) is 18.3 Å². The lowest BCUT2D eigenvalue weighted by Gasteiger charge is -2.14. The summed E-state index contributed by atoms with van der Waals surface area (Å²) in [5.74, 6) is 1.16. The van der Waals surface area contributed by atoms with Crippen molar-refractivity contribution in [3.05, 3.63) is 46.0 Å². The van der Waals surface area contributed by atoms with Crippen molar-refractivity contribution in [3.8, 4) is 0 Å². The van der Waals surface area contributed by atoms with Gasteiger partial charge in [0.2, 0.25) is 5.89 Å². The molecule has 2 rings (SSSR count). The molecular formula is C13H18BrClN4O. The monoisotopic (exact) mass is 360 g/mol. The van der Waals surface area contributed by atoms with Crippen molar-refractivity contribution in [1.82, 2.24) is 15.0 Å². The summed E-state index contributed by atoms with van der Waals surface area (Å²) in [6, 6.07) is 8.36. The van der Waals surface area contributed by atoms with Crippen LogP contribution in [0.4, 0.5) is 0 Å². The Hall–Kier alpha value is -0.950. The molecule has 0 unspecified atom stereocenters. The van der Waals surface area contributed by atoms with Gasteiger partial charge in [0.15, 0.2) is 5.82 Å². The van der Waals surface area contributed by atoms with Gasteiger partial charge in [-0.2, -0.15) is 4.98 Å². The van der Waals surface area contributed by atoms with Gasteiger partial charge in [-0.05, 0) is 31.2 Å². The third kappa shape index (κ3) is 5.20. The van der Waals surface area contributed by atoms with Gasteiger partial charge in [-0.1, -0.05) is 33.2 Å². The van der Waals surface area contributed by atoms with Gasteiger partial charge in [-0.3, -0.25) is 4.90 Å². The molecule has 1 aromatic heterocycles. The van der Waals surface area contributed by atoms with E-state index in [1.165, 1.54) is 5.56 Å². The van der Waals surface area contributed by atoms with Gasteiger partial charge in [0.1, 0.15) is 0 Å². The zero-order chi connectivity index (χ0) is 13.7. The maximum atomic E-state index is 5.43. The summed E-state index contributed by atoms with van der Waals surface area (Å²) in [4.78, 5) is 6.34. The van der Waals surface area contributed by atoms with Gasteiger partial charge in [0, 0.05) is 11.0 Å². The minimum Gasteiger partial charge on any atom is -0.338 e. The molecule has 1 heterocycles. The van der Waals surface area contributed by atoms with E-state index in [4.69, 9.17) is 10.3 Å². The quantitative estimate of drug-likeness (QED) is 0.855. The molecule has 0 aliphatic rings. The summed E-state index contributed by atoms with van der Waals surface area (Å²) in [7, 11) is 2.04. The maximum Gasteiger partial charge on any atom is 0.240 e. The van der Waals surface area contributed by atoms with Crippen molar-refractivity contribution in [1.29, 1.82) is 0 Å². The Labute approximate surface area is 133 Å². The molecule has 0 saturated heterocycles. The number of halogens is 2. The molecule has 2 N–H and O–H groups in total. The minimum absolute atomic E-state index is 0. The van der Waals surface area contributed by atoms with Crippen LogP contribution in [0, 0.1) is 0 Å². The number of aromatic nitrogens is 2. The smallest absolute Gasteiger partial charge is 0.240 e. The lowest BCUT2D eigenvalue weighted by molar-refractivity contribution is 0.310. The van der Waals surface area contributed by atoms with E-state index < -0.39 is 0 Å². The van der Waals surface area contributed by atoms with Crippen molar-refractivity contribution in [2.45, 2.75) is 19.5 Å². The van der Waals surface area contributed by atoms with Crippen LogP contribution in [-0.4, -0.2) is 28.6 Å². The van der Waals surface area contributed by atoms with E-state index in [1.807, 2.05) is 7.05 Å². The fraction of sp³-hybridized carbons (Fsp3) is 0.385. The van der Waals surface area contributed by atoms with E-state index >= 15 is 0 Å². The van der Waals surface area contributed by atoms with Crippen LogP contribution in [0.2, 0.25) is 0 Å². The molecule has 0 fully saturated rings. The van der Waals surface area contributed by atoms with Crippen molar-refractivity contribution in [2.24, 2.45) is 5.73 Å². The molecule has 0 saturated carbocycles. The van der Waals surface area contributed by atoms with Crippen molar-refractivity contribution in [2.75, 3.05) is 13.6 Å². The molecule has 0 aliphatic heterocycles. The van der Waals surface area contributed by atoms with Gasteiger partial charge in [0.05, 0.1) is 13.1 Å². The number of hydrogen-bond acceptors (Lipinski definition) is 5. The zero-order valence-corrected chi connectivity index (χ0v) is 13.7. The predicted octanol–water partition coefficient (Wildman–Crippen LogP) is 2.39. The first-order valence-corrected chi connectivity index (χ1v) is 6.91. The normalized spacial score (nSPS) is 10.6. The summed E-state index contributed by atoms with van der Waals surface area (Å²) in [5.41, 5.74) is 6.74. The summed E-state index contributed by atoms with van der Waals surface area (Å²) in [5, 5.41) is 3.88. The van der Waals surface area contributed by atoms with E-state index in [-0.39, 0.29) is 19.0 Å². The Kier molecular flexibility index (Phi) is 7.15. The summed E-state index contributed by atoms with van der Waals surface area (Å²) in [6.07, 6.45) is 0.991. The van der Waals surface area contributed by atoms with Crippen LogP contribution in [0.15, 0.2) is 33.3 Å². The Morgan fingerprint density at radius 2 is 2.00 bits per heavy atom. The lowest BCUT2D eigenvalue weighted by Crippen LogP contribution is -2.21. The molecule has 1 aromatic carbocycles. The second kappa shape index (κ2) is 8.36. The first-order chi connectivity index (χ1) is 9.17. The fourth-order valence-electron chi connectivity index (χ4n) is 1.73. The largest absolute Gasteiger partial charge is 0.338 e. The molecule has 0 bridgehead atoms. The highest BCUT2D eigenvalue weighted by atomic mass is 79.9. The van der Waals surface area contributed by atoms with E-state index in [1.54, 1.807) is 0 Å². The number of nitrogens with zero attached hydrogens (tertiary/aromatic N) is 3. The molecule has 0 aliphatic carbocycles. The molecule has 7 heteroatoms. The zero-order valence-electron chi connectivity index (χ0n) is 11.3. The van der Waals surface area contributed by atoms with Crippen LogP contribution in [0.1, 0.15) is 17.3 Å². The van der Waals surface area contributed by atoms with Crippen LogP contribution in [0.25, 0.3) is 0 Å². The van der Waals surface area contributed by atoms with Gasteiger partial charge in [0.25, 0.3) is 0 Å². The number of nitrogens with two attached hydrogens (primary N) is 1. The van der Waals surface area contributed by atoms with Gasteiger partial charge in [-0.25, -0.2) is 0 Å². The van der Waals surface area contributed by atoms with Crippen molar-refractivity contribution < 1.29 is 4.52 Å². The number of benzene rings is 1. The third-order valence-corrected chi connectivity index (χ3v) is 3.32. The summed E-state index contributed by atoms with van der Waals surface area (Å²) < 4.78 is 6.08. The van der Waals surface area contributed by atoms with Crippen molar-refractivity contribution in [3.63, 3.8) is 0 Å². The number of rotatable bonds is 6. The average molecular weight is 362 g/mol. The SMILES string of the molecule is CN(CCc1ccc(Br)cc1)Cc1noc(CN)n1.Cl. The Morgan fingerprint density at radius 1 is 1.30 bits per heavy atom. The summed E-state index contributed by atoms with van der Waals surface area (Å²) in [6.45, 7) is 1.89. The Bertz CT molecular complexity index is 517. The Balaban J connectivity index is 0.00000200.